The molecule has 0 heterocycles. The van der Waals surface area contributed by atoms with Gasteiger partial charge in [-0.25, -0.2) is 0 Å². The first-order valence-electron chi connectivity index (χ1n) is 4.51. The zero-order valence-electron chi connectivity index (χ0n) is 7.40. The molecule has 66 valence electrons. The van der Waals surface area contributed by atoms with Crippen molar-refractivity contribution < 1.29 is 5.11 Å². The Balaban J connectivity index is 2.17. The fourth-order valence-corrected chi connectivity index (χ4v) is 1.29. The molecule has 0 atom stereocenters. The molecule has 1 aromatic carbocycles. The molecule has 1 N–H and O–H groups in total. The minimum atomic E-state index is 0.346. The van der Waals surface area contributed by atoms with Gasteiger partial charge < -0.3 is 5.11 Å². The number of aromatic hydroxyl groups is 1. The fraction of sp³-hybridized carbons (Fsp3) is 0.167. The van der Waals surface area contributed by atoms with Gasteiger partial charge in [-0.1, -0.05) is 42.0 Å². The molecule has 1 nitrogen and oxygen atoms in total. The number of hydrogen-bond acceptors (Lipinski definition) is 1. The van der Waals surface area contributed by atoms with E-state index in [9.17, 15) is 5.11 Å². The van der Waals surface area contributed by atoms with Crippen LogP contribution in [-0.2, 0) is 0 Å². The van der Waals surface area contributed by atoms with Crippen LogP contribution in [0.3, 0.4) is 0 Å². The molecule has 2 rings (SSSR count). The first-order chi connectivity index (χ1) is 6.36. The van der Waals surface area contributed by atoms with Crippen molar-refractivity contribution in [3.63, 3.8) is 0 Å². The third kappa shape index (κ3) is 1.81. The Labute approximate surface area is 78.0 Å². The minimum Gasteiger partial charge on any atom is -0.507 e. The van der Waals surface area contributed by atoms with Gasteiger partial charge in [0, 0.05) is 5.56 Å². The summed E-state index contributed by atoms with van der Waals surface area (Å²) in [5, 5.41) is 9.44. The largest absolute Gasteiger partial charge is 0.507 e. The molecular weight excluding hydrogens is 160 g/mol. The first kappa shape index (κ1) is 8.11. The Hall–Kier alpha value is -1.50. The summed E-state index contributed by atoms with van der Waals surface area (Å²) in [5.41, 5.74) is 2.25. The average Bonchev–Trinajstić information content (AvgIpc) is 2.05. The molecule has 0 amide bonds. The summed E-state index contributed by atoms with van der Waals surface area (Å²) in [4.78, 5) is 0. The van der Waals surface area contributed by atoms with Gasteiger partial charge in [0.25, 0.3) is 0 Å². The molecule has 0 aromatic heterocycles. The van der Waals surface area contributed by atoms with Crippen LogP contribution in [0.4, 0.5) is 0 Å². The summed E-state index contributed by atoms with van der Waals surface area (Å²) in [6.07, 6.45) is 8.60. The summed E-state index contributed by atoms with van der Waals surface area (Å²) >= 11 is 0. The van der Waals surface area contributed by atoms with E-state index in [1.54, 1.807) is 6.07 Å². The molecular formula is C12H12O. The van der Waals surface area contributed by atoms with E-state index in [0.717, 1.165) is 5.56 Å². The maximum atomic E-state index is 9.44. The maximum absolute atomic E-state index is 9.44. The summed E-state index contributed by atoms with van der Waals surface area (Å²) in [6.45, 7) is 0. The van der Waals surface area contributed by atoms with Crippen LogP contribution in [0.1, 0.15) is 18.4 Å². The lowest BCUT2D eigenvalue weighted by atomic mass is 9.98. The standard InChI is InChI=1S/C12H12O/c13-12-7-2-1-6-11(12)9-8-10-4-3-5-10/h1-2,4,6-9,13H,3,5H2/b9-8+. The van der Waals surface area contributed by atoms with Crippen LogP contribution in [0.25, 0.3) is 6.08 Å². The SMILES string of the molecule is Oc1ccccc1/C=C/C1=CCC1. The van der Waals surface area contributed by atoms with E-state index in [0.29, 0.717) is 5.75 Å². The third-order valence-electron chi connectivity index (χ3n) is 2.25. The topological polar surface area (TPSA) is 20.2 Å². The molecule has 1 heteroatoms. The van der Waals surface area contributed by atoms with Crippen LogP contribution in [0.5, 0.6) is 5.75 Å². The van der Waals surface area contributed by atoms with E-state index in [1.165, 1.54) is 18.4 Å². The van der Waals surface area contributed by atoms with Gasteiger partial charge in [-0.05, 0) is 18.9 Å². The molecule has 1 aliphatic rings. The maximum Gasteiger partial charge on any atom is 0.122 e. The molecule has 0 spiro atoms. The Morgan fingerprint density at radius 2 is 1.92 bits per heavy atom. The molecule has 0 bridgehead atoms. The Kier molecular flexibility index (Phi) is 2.17. The van der Waals surface area contributed by atoms with Crippen molar-refractivity contribution in [1.29, 1.82) is 0 Å². The Morgan fingerprint density at radius 1 is 1.15 bits per heavy atom. The number of para-hydroxylation sites is 1. The van der Waals surface area contributed by atoms with E-state index in [4.69, 9.17) is 0 Å². The number of benzene rings is 1. The van der Waals surface area contributed by atoms with Gasteiger partial charge in [0.05, 0.1) is 0 Å². The quantitative estimate of drug-likeness (QED) is 0.726. The highest BCUT2D eigenvalue weighted by Gasteiger charge is 2.01. The Bertz CT molecular complexity index is 361. The smallest absolute Gasteiger partial charge is 0.122 e. The molecule has 1 aliphatic carbocycles. The van der Waals surface area contributed by atoms with Crippen LogP contribution in [0.2, 0.25) is 0 Å². The van der Waals surface area contributed by atoms with Gasteiger partial charge in [-0.15, -0.1) is 0 Å². The summed E-state index contributed by atoms with van der Waals surface area (Å²) < 4.78 is 0. The van der Waals surface area contributed by atoms with Crippen molar-refractivity contribution in [1.82, 2.24) is 0 Å². The molecule has 0 radical (unpaired) electrons. The van der Waals surface area contributed by atoms with Crippen LogP contribution in [-0.4, -0.2) is 5.11 Å². The highest BCUT2D eigenvalue weighted by molar-refractivity contribution is 5.59. The summed E-state index contributed by atoms with van der Waals surface area (Å²) in [5.74, 6) is 0.346. The van der Waals surface area contributed by atoms with Gasteiger partial charge in [0.2, 0.25) is 0 Å². The lowest BCUT2D eigenvalue weighted by Crippen LogP contribution is -1.88. The van der Waals surface area contributed by atoms with Crippen molar-refractivity contribution in [2.75, 3.05) is 0 Å². The van der Waals surface area contributed by atoms with Crippen molar-refractivity contribution in [3.05, 3.63) is 47.6 Å². The second kappa shape index (κ2) is 3.48. The van der Waals surface area contributed by atoms with Crippen LogP contribution in [0.15, 0.2) is 42.0 Å². The van der Waals surface area contributed by atoms with Gasteiger partial charge in [0.15, 0.2) is 0 Å². The predicted molar refractivity (Wildman–Crippen MR) is 54.5 cm³/mol. The third-order valence-corrected chi connectivity index (χ3v) is 2.25. The molecule has 0 saturated carbocycles. The van der Waals surface area contributed by atoms with Gasteiger partial charge in [-0.2, -0.15) is 0 Å². The van der Waals surface area contributed by atoms with E-state index < -0.39 is 0 Å². The van der Waals surface area contributed by atoms with E-state index in [-0.39, 0.29) is 0 Å². The van der Waals surface area contributed by atoms with Crippen molar-refractivity contribution in [2.24, 2.45) is 0 Å². The zero-order valence-corrected chi connectivity index (χ0v) is 7.40. The molecule has 1 aromatic rings. The monoisotopic (exact) mass is 172 g/mol. The Morgan fingerprint density at radius 3 is 2.54 bits per heavy atom. The fourth-order valence-electron chi connectivity index (χ4n) is 1.29. The normalized spacial score (nSPS) is 15.5. The molecule has 0 saturated heterocycles. The van der Waals surface area contributed by atoms with Crippen molar-refractivity contribution in [2.45, 2.75) is 12.8 Å². The lowest BCUT2D eigenvalue weighted by molar-refractivity contribution is 0.474. The van der Waals surface area contributed by atoms with E-state index in [1.807, 2.05) is 24.3 Å². The number of phenols is 1. The number of rotatable bonds is 2. The van der Waals surface area contributed by atoms with Crippen molar-refractivity contribution in [3.8, 4) is 5.75 Å². The second-order valence-corrected chi connectivity index (χ2v) is 3.21. The van der Waals surface area contributed by atoms with Crippen LogP contribution < -0.4 is 0 Å². The number of allylic oxidation sites excluding steroid dienone is 3. The highest BCUT2D eigenvalue weighted by atomic mass is 16.3. The van der Waals surface area contributed by atoms with E-state index >= 15 is 0 Å². The molecule has 0 fully saturated rings. The first-order valence-corrected chi connectivity index (χ1v) is 4.51. The molecule has 0 unspecified atom stereocenters. The second-order valence-electron chi connectivity index (χ2n) is 3.21. The lowest BCUT2D eigenvalue weighted by Gasteiger charge is -2.08. The van der Waals surface area contributed by atoms with Crippen LogP contribution in [0, 0.1) is 0 Å². The molecule has 0 aliphatic heterocycles. The van der Waals surface area contributed by atoms with E-state index in [2.05, 4.69) is 12.2 Å². The summed E-state index contributed by atoms with van der Waals surface area (Å²) in [7, 11) is 0. The number of hydrogen-bond donors (Lipinski definition) is 1. The predicted octanol–water partition coefficient (Wildman–Crippen LogP) is 3.13. The van der Waals surface area contributed by atoms with Gasteiger partial charge in [-0.3, -0.25) is 0 Å². The molecule has 13 heavy (non-hydrogen) atoms. The van der Waals surface area contributed by atoms with Gasteiger partial charge >= 0.3 is 0 Å². The number of phenolic OH excluding ortho intramolecular Hbond substituents is 1. The average molecular weight is 172 g/mol. The highest BCUT2D eigenvalue weighted by Crippen LogP contribution is 2.22. The van der Waals surface area contributed by atoms with Crippen LogP contribution >= 0.6 is 0 Å². The zero-order chi connectivity index (χ0) is 9.10. The minimum absolute atomic E-state index is 0.346. The summed E-state index contributed by atoms with van der Waals surface area (Å²) in [6, 6.07) is 7.36. The van der Waals surface area contributed by atoms with Gasteiger partial charge in [0.1, 0.15) is 5.75 Å². The van der Waals surface area contributed by atoms with Crippen molar-refractivity contribution >= 4 is 6.08 Å².